The minimum absolute atomic E-state index is 0.0415. The van der Waals surface area contributed by atoms with E-state index in [0.717, 1.165) is 0 Å². The molecule has 2 rings (SSSR count). The summed E-state index contributed by atoms with van der Waals surface area (Å²) in [6, 6.07) is 6.02. The number of oxazole rings is 1. The van der Waals surface area contributed by atoms with Crippen LogP contribution in [0.15, 0.2) is 28.7 Å². The van der Waals surface area contributed by atoms with Gasteiger partial charge in [-0.1, -0.05) is 6.92 Å². The fraction of sp³-hybridized carbons (Fsp3) is 0.154. The standard InChI is InChI=1S/C13H12N2O4/c1-2-9-10(11(14)16)19-12(15-9)7-3-5-8(6-4-7)13(17)18/h3-6H,2H2,1H3,(H2,14,16)(H,17,18). The highest BCUT2D eigenvalue weighted by molar-refractivity contribution is 5.91. The molecule has 6 heteroatoms. The first-order chi connectivity index (χ1) is 9.02. The maximum atomic E-state index is 11.2. The monoisotopic (exact) mass is 260 g/mol. The molecule has 0 atom stereocenters. The number of nitrogens with zero attached hydrogens (tertiary/aromatic N) is 1. The number of carboxylic acid groups (broad SMARTS) is 1. The quantitative estimate of drug-likeness (QED) is 0.870. The van der Waals surface area contributed by atoms with Gasteiger partial charge in [0, 0.05) is 5.56 Å². The molecule has 0 aliphatic rings. The summed E-state index contributed by atoms with van der Waals surface area (Å²) < 4.78 is 5.32. The number of carbonyl (C=O) groups excluding carboxylic acids is 1. The van der Waals surface area contributed by atoms with Crippen molar-refractivity contribution in [2.24, 2.45) is 5.73 Å². The molecule has 6 nitrogen and oxygen atoms in total. The lowest BCUT2D eigenvalue weighted by Gasteiger charge is -1.96. The van der Waals surface area contributed by atoms with E-state index in [0.29, 0.717) is 17.7 Å². The lowest BCUT2D eigenvalue weighted by Crippen LogP contribution is -2.11. The van der Waals surface area contributed by atoms with E-state index in [4.69, 9.17) is 15.3 Å². The number of nitrogens with two attached hydrogens (primary N) is 1. The Morgan fingerprint density at radius 1 is 1.32 bits per heavy atom. The van der Waals surface area contributed by atoms with Crippen LogP contribution in [-0.2, 0) is 6.42 Å². The van der Waals surface area contributed by atoms with Crippen LogP contribution < -0.4 is 5.73 Å². The Bertz CT molecular complexity index is 629. The number of carbonyl (C=O) groups is 2. The molecule has 98 valence electrons. The Labute approximate surface area is 108 Å². The number of rotatable bonds is 4. The molecule has 1 amide bonds. The Hall–Kier alpha value is -2.63. The van der Waals surface area contributed by atoms with Crippen LogP contribution in [0, 0.1) is 0 Å². The van der Waals surface area contributed by atoms with Gasteiger partial charge in [-0.25, -0.2) is 9.78 Å². The minimum atomic E-state index is -1.01. The molecule has 19 heavy (non-hydrogen) atoms. The fourth-order valence-corrected chi connectivity index (χ4v) is 1.66. The van der Waals surface area contributed by atoms with Crippen molar-refractivity contribution in [3.8, 4) is 11.5 Å². The molecule has 0 aliphatic heterocycles. The highest BCUT2D eigenvalue weighted by Gasteiger charge is 2.17. The zero-order valence-corrected chi connectivity index (χ0v) is 10.2. The van der Waals surface area contributed by atoms with E-state index in [1.54, 1.807) is 12.1 Å². The van der Waals surface area contributed by atoms with E-state index < -0.39 is 11.9 Å². The van der Waals surface area contributed by atoms with Crippen molar-refractivity contribution in [2.75, 3.05) is 0 Å². The van der Waals surface area contributed by atoms with E-state index in [2.05, 4.69) is 4.98 Å². The Kier molecular flexibility index (Phi) is 3.33. The highest BCUT2D eigenvalue weighted by atomic mass is 16.4. The molecule has 1 aromatic carbocycles. The second kappa shape index (κ2) is 4.93. The van der Waals surface area contributed by atoms with Gasteiger partial charge in [0.15, 0.2) is 0 Å². The van der Waals surface area contributed by atoms with Crippen LogP contribution in [0.25, 0.3) is 11.5 Å². The average molecular weight is 260 g/mol. The summed E-state index contributed by atoms with van der Waals surface area (Å²) in [7, 11) is 0. The summed E-state index contributed by atoms with van der Waals surface area (Å²) in [5, 5.41) is 8.81. The third-order valence-corrected chi connectivity index (χ3v) is 2.63. The molecule has 0 aliphatic carbocycles. The van der Waals surface area contributed by atoms with Crippen molar-refractivity contribution >= 4 is 11.9 Å². The van der Waals surface area contributed by atoms with Crippen molar-refractivity contribution < 1.29 is 19.1 Å². The number of aromatic carboxylic acids is 1. The number of hydrogen-bond donors (Lipinski definition) is 2. The number of benzene rings is 1. The molecule has 0 bridgehead atoms. The topological polar surface area (TPSA) is 106 Å². The van der Waals surface area contributed by atoms with E-state index in [1.807, 2.05) is 6.92 Å². The number of aryl methyl sites for hydroxylation is 1. The van der Waals surface area contributed by atoms with Crippen LogP contribution in [-0.4, -0.2) is 22.0 Å². The first kappa shape index (κ1) is 12.8. The number of amides is 1. The molecule has 1 heterocycles. The fourth-order valence-electron chi connectivity index (χ4n) is 1.66. The molecule has 0 saturated heterocycles. The van der Waals surface area contributed by atoms with Crippen molar-refractivity contribution in [2.45, 2.75) is 13.3 Å². The maximum absolute atomic E-state index is 11.2. The van der Waals surface area contributed by atoms with Gasteiger partial charge in [0.25, 0.3) is 5.91 Å². The van der Waals surface area contributed by atoms with Crippen molar-refractivity contribution in [1.29, 1.82) is 0 Å². The summed E-state index contributed by atoms with van der Waals surface area (Å²) in [6.45, 7) is 1.83. The molecule has 2 aromatic rings. The van der Waals surface area contributed by atoms with E-state index >= 15 is 0 Å². The first-order valence-electron chi connectivity index (χ1n) is 5.66. The summed E-state index contributed by atoms with van der Waals surface area (Å²) in [5.74, 6) is -1.38. The van der Waals surface area contributed by atoms with Crippen LogP contribution in [0.5, 0.6) is 0 Å². The number of primary amides is 1. The van der Waals surface area contributed by atoms with Gasteiger partial charge in [0.05, 0.1) is 11.3 Å². The molecule has 0 fully saturated rings. The van der Waals surface area contributed by atoms with Gasteiger partial charge in [0.2, 0.25) is 11.7 Å². The van der Waals surface area contributed by atoms with E-state index in [-0.39, 0.29) is 17.2 Å². The minimum Gasteiger partial charge on any atom is -0.478 e. The van der Waals surface area contributed by atoms with Crippen molar-refractivity contribution in [3.63, 3.8) is 0 Å². The Balaban J connectivity index is 2.41. The number of aromatic nitrogens is 1. The molecule has 0 radical (unpaired) electrons. The number of hydrogen-bond acceptors (Lipinski definition) is 4. The Morgan fingerprint density at radius 2 is 1.95 bits per heavy atom. The molecular formula is C13H12N2O4. The summed E-state index contributed by atoms with van der Waals surface area (Å²) in [4.78, 5) is 26.1. The predicted molar refractivity (Wildman–Crippen MR) is 66.8 cm³/mol. The molecular weight excluding hydrogens is 248 g/mol. The SMILES string of the molecule is CCc1nc(-c2ccc(C(=O)O)cc2)oc1C(N)=O. The van der Waals surface area contributed by atoms with Gasteiger partial charge in [-0.2, -0.15) is 0 Å². The lowest BCUT2D eigenvalue weighted by atomic mass is 10.1. The van der Waals surface area contributed by atoms with Gasteiger partial charge in [-0.15, -0.1) is 0 Å². The highest BCUT2D eigenvalue weighted by Crippen LogP contribution is 2.22. The van der Waals surface area contributed by atoms with Gasteiger partial charge >= 0.3 is 5.97 Å². The molecule has 0 unspecified atom stereocenters. The van der Waals surface area contributed by atoms with Crippen LogP contribution >= 0.6 is 0 Å². The summed E-state index contributed by atoms with van der Waals surface area (Å²) >= 11 is 0. The zero-order valence-electron chi connectivity index (χ0n) is 10.2. The molecule has 0 spiro atoms. The third-order valence-electron chi connectivity index (χ3n) is 2.63. The summed E-state index contributed by atoms with van der Waals surface area (Å²) in [6.07, 6.45) is 0.523. The Morgan fingerprint density at radius 3 is 2.37 bits per heavy atom. The van der Waals surface area contributed by atoms with Crippen LogP contribution in [0.3, 0.4) is 0 Å². The predicted octanol–water partition coefficient (Wildman–Crippen LogP) is 1.70. The molecule has 1 aromatic heterocycles. The van der Waals surface area contributed by atoms with Crippen LogP contribution in [0.4, 0.5) is 0 Å². The first-order valence-corrected chi connectivity index (χ1v) is 5.66. The van der Waals surface area contributed by atoms with Crippen molar-refractivity contribution in [1.82, 2.24) is 4.98 Å². The van der Waals surface area contributed by atoms with Crippen molar-refractivity contribution in [3.05, 3.63) is 41.3 Å². The number of carboxylic acids is 1. The largest absolute Gasteiger partial charge is 0.478 e. The smallest absolute Gasteiger partial charge is 0.335 e. The van der Waals surface area contributed by atoms with E-state index in [9.17, 15) is 9.59 Å². The van der Waals surface area contributed by atoms with Crippen LogP contribution in [0.1, 0.15) is 33.5 Å². The summed E-state index contributed by atoms with van der Waals surface area (Å²) in [5.41, 5.74) is 6.44. The lowest BCUT2D eigenvalue weighted by molar-refractivity contribution is 0.0696. The average Bonchev–Trinajstić information content (AvgIpc) is 2.83. The van der Waals surface area contributed by atoms with Gasteiger partial charge < -0.3 is 15.3 Å². The molecule has 0 saturated carbocycles. The second-order valence-corrected chi connectivity index (χ2v) is 3.90. The molecule has 3 N–H and O–H groups in total. The van der Waals surface area contributed by atoms with Gasteiger partial charge in [-0.05, 0) is 30.7 Å². The zero-order chi connectivity index (χ0) is 14.0. The van der Waals surface area contributed by atoms with Gasteiger partial charge in [0.1, 0.15) is 0 Å². The van der Waals surface area contributed by atoms with Crippen LogP contribution in [0.2, 0.25) is 0 Å². The van der Waals surface area contributed by atoms with E-state index in [1.165, 1.54) is 12.1 Å². The normalized spacial score (nSPS) is 10.4. The second-order valence-electron chi connectivity index (χ2n) is 3.90. The van der Waals surface area contributed by atoms with Gasteiger partial charge in [-0.3, -0.25) is 4.79 Å². The third kappa shape index (κ3) is 2.47. The maximum Gasteiger partial charge on any atom is 0.335 e.